The fourth-order valence-corrected chi connectivity index (χ4v) is 1.48. The summed E-state index contributed by atoms with van der Waals surface area (Å²) in [5.74, 6) is 0.481. The molecule has 0 unspecified atom stereocenters. The number of nitro groups is 1. The Morgan fingerprint density at radius 2 is 1.94 bits per heavy atom. The zero-order chi connectivity index (χ0) is 12.3. The summed E-state index contributed by atoms with van der Waals surface area (Å²) in [6.07, 6.45) is 1.45. The van der Waals surface area contributed by atoms with Crippen LogP contribution >= 0.6 is 15.9 Å². The van der Waals surface area contributed by atoms with Crippen LogP contribution in [0, 0.1) is 10.1 Å². The number of nitrogens with zero attached hydrogens (tertiary/aromatic N) is 2. The fourth-order valence-electron chi connectivity index (χ4n) is 1.21. The lowest BCUT2D eigenvalue weighted by Crippen LogP contribution is -1.95. The average Bonchev–Trinajstić information content (AvgIpc) is 2.32. The van der Waals surface area contributed by atoms with E-state index in [1.165, 1.54) is 18.3 Å². The van der Waals surface area contributed by atoms with E-state index in [2.05, 4.69) is 20.9 Å². The molecule has 1 heterocycles. The van der Waals surface area contributed by atoms with Crippen LogP contribution in [0.3, 0.4) is 0 Å². The van der Waals surface area contributed by atoms with Crippen LogP contribution in [-0.2, 0) is 0 Å². The van der Waals surface area contributed by atoms with Crippen molar-refractivity contribution in [3.63, 3.8) is 0 Å². The Hall–Kier alpha value is -1.95. The van der Waals surface area contributed by atoms with E-state index in [-0.39, 0.29) is 11.6 Å². The van der Waals surface area contributed by atoms with E-state index in [9.17, 15) is 10.1 Å². The highest BCUT2D eigenvalue weighted by Crippen LogP contribution is 2.28. The van der Waals surface area contributed by atoms with Gasteiger partial charge in [-0.15, -0.1) is 0 Å². The topological polar surface area (TPSA) is 65.3 Å². The van der Waals surface area contributed by atoms with Crippen molar-refractivity contribution in [2.45, 2.75) is 0 Å². The van der Waals surface area contributed by atoms with Crippen molar-refractivity contribution in [1.82, 2.24) is 4.98 Å². The van der Waals surface area contributed by atoms with Crippen molar-refractivity contribution in [2.24, 2.45) is 0 Å². The lowest BCUT2D eigenvalue weighted by molar-refractivity contribution is -0.386. The maximum atomic E-state index is 10.7. The predicted octanol–water partition coefficient (Wildman–Crippen LogP) is 3.54. The van der Waals surface area contributed by atoms with Gasteiger partial charge in [0.05, 0.1) is 4.92 Å². The van der Waals surface area contributed by atoms with Gasteiger partial charge in [0.1, 0.15) is 5.75 Å². The molecule has 1 aromatic heterocycles. The summed E-state index contributed by atoms with van der Waals surface area (Å²) >= 11 is 3.29. The first kappa shape index (κ1) is 11.5. The molecule has 0 saturated heterocycles. The summed E-state index contributed by atoms with van der Waals surface area (Å²) in [5, 5.41) is 10.7. The summed E-state index contributed by atoms with van der Waals surface area (Å²) in [6, 6.07) is 9.80. The molecule has 17 heavy (non-hydrogen) atoms. The van der Waals surface area contributed by atoms with Crippen molar-refractivity contribution in [3.05, 3.63) is 57.2 Å². The maximum absolute atomic E-state index is 10.7. The number of hydrogen-bond donors (Lipinski definition) is 0. The zero-order valence-electron chi connectivity index (χ0n) is 8.54. The molecule has 0 aliphatic heterocycles. The molecular formula is C11H7BrN2O3. The van der Waals surface area contributed by atoms with Gasteiger partial charge >= 0.3 is 5.69 Å². The Kier molecular flexibility index (Phi) is 3.34. The monoisotopic (exact) mass is 294 g/mol. The number of hydrogen-bond acceptors (Lipinski definition) is 4. The zero-order valence-corrected chi connectivity index (χ0v) is 10.1. The Morgan fingerprint density at radius 3 is 2.59 bits per heavy atom. The van der Waals surface area contributed by atoms with Crippen LogP contribution in [0.15, 0.2) is 47.1 Å². The molecule has 0 spiro atoms. The van der Waals surface area contributed by atoms with Crippen LogP contribution in [0.2, 0.25) is 0 Å². The first-order chi connectivity index (χ1) is 8.16. The van der Waals surface area contributed by atoms with Crippen molar-refractivity contribution in [1.29, 1.82) is 0 Å². The maximum Gasteiger partial charge on any atom is 0.331 e. The van der Waals surface area contributed by atoms with Crippen molar-refractivity contribution >= 4 is 21.6 Å². The average molecular weight is 295 g/mol. The predicted molar refractivity (Wildman–Crippen MR) is 65.1 cm³/mol. The highest BCUT2D eigenvalue weighted by atomic mass is 79.9. The minimum absolute atomic E-state index is 0.0141. The van der Waals surface area contributed by atoms with E-state index in [4.69, 9.17) is 4.74 Å². The number of pyridine rings is 1. The minimum Gasteiger partial charge on any atom is -0.434 e. The summed E-state index contributed by atoms with van der Waals surface area (Å²) in [6.45, 7) is 0. The Balaban J connectivity index is 2.30. The third-order valence-electron chi connectivity index (χ3n) is 1.98. The van der Waals surface area contributed by atoms with Crippen molar-refractivity contribution < 1.29 is 9.66 Å². The van der Waals surface area contributed by atoms with E-state index < -0.39 is 4.92 Å². The third kappa shape index (κ3) is 2.79. The molecule has 0 N–H and O–H groups in total. The van der Waals surface area contributed by atoms with Crippen LogP contribution in [0.4, 0.5) is 5.69 Å². The van der Waals surface area contributed by atoms with E-state index >= 15 is 0 Å². The number of rotatable bonds is 3. The molecule has 0 fully saturated rings. The van der Waals surface area contributed by atoms with Gasteiger partial charge < -0.3 is 4.74 Å². The quantitative estimate of drug-likeness (QED) is 0.641. The van der Waals surface area contributed by atoms with E-state index in [0.29, 0.717) is 5.75 Å². The lowest BCUT2D eigenvalue weighted by atomic mass is 10.3. The fraction of sp³-hybridized carbons (Fsp3) is 0. The first-order valence-corrected chi connectivity index (χ1v) is 5.49. The molecule has 0 amide bonds. The van der Waals surface area contributed by atoms with Gasteiger partial charge in [0.2, 0.25) is 0 Å². The Labute approximate surface area is 105 Å². The van der Waals surface area contributed by atoms with E-state index in [1.807, 2.05) is 0 Å². The lowest BCUT2D eigenvalue weighted by Gasteiger charge is -2.04. The highest BCUT2D eigenvalue weighted by Gasteiger charge is 2.16. The van der Waals surface area contributed by atoms with Crippen LogP contribution in [0.25, 0.3) is 0 Å². The molecule has 0 aliphatic rings. The van der Waals surface area contributed by atoms with Crippen molar-refractivity contribution in [2.75, 3.05) is 0 Å². The summed E-state index contributed by atoms with van der Waals surface area (Å²) in [7, 11) is 0. The molecule has 0 bridgehead atoms. The van der Waals surface area contributed by atoms with Gasteiger partial charge in [-0.2, -0.15) is 0 Å². The SMILES string of the molecule is O=[N+]([O-])c1cccnc1Oc1ccc(Br)cc1. The molecule has 6 heteroatoms. The minimum atomic E-state index is -0.527. The number of benzene rings is 1. The summed E-state index contributed by atoms with van der Waals surface area (Å²) in [4.78, 5) is 14.1. The van der Waals surface area contributed by atoms with E-state index in [1.54, 1.807) is 24.3 Å². The first-order valence-electron chi connectivity index (χ1n) is 4.69. The second kappa shape index (κ2) is 4.92. The second-order valence-electron chi connectivity index (χ2n) is 3.14. The van der Waals surface area contributed by atoms with Crippen molar-refractivity contribution in [3.8, 4) is 11.6 Å². The molecule has 0 aliphatic carbocycles. The molecule has 2 rings (SSSR count). The molecular weight excluding hydrogens is 288 g/mol. The van der Waals surface area contributed by atoms with Gasteiger partial charge in [-0.1, -0.05) is 15.9 Å². The van der Waals surface area contributed by atoms with E-state index in [0.717, 1.165) is 4.47 Å². The third-order valence-corrected chi connectivity index (χ3v) is 2.50. The molecule has 0 radical (unpaired) electrons. The highest BCUT2D eigenvalue weighted by molar-refractivity contribution is 9.10. The standard InChI is InChI=1S/C11H7BrN2O3/c12-8-3-5-9(6-4-8)17-11-10(14(15)16)2-1-7-13-11/h1-7H. The van der Waals surface area contributed by atoms with Crippen LogP contribution in [0.5, 0.6) is 11.6 Å². The van der Waals surface area contributed by atoms with Gasteiger partial charge in [-0.3, -0.25) is 10.1 Å². The molecule has 1 aromatic carbocycles. The largest absolute Gasteiger partial charge is 0.434 e. The molecule has 2 aromatic rings. The summed E-state index contributed by atoms with van der Waals surface area (Å²) in [5.41, 5.74) is -0.157. The molecule has 86 valence electrons. The van der Waals surface area contributed by atoms with Gasteiger partial charge in [0, 0.05) is 16.7 Å². The van der Waals surface area contributed by atoms with Gasteiger partial charge in [0.15, 0.2) is 0 Å². The smallest absolute Gasteiger partial charge is 0.331 e. The Bertz CT molecular complexity index is 543. The second-order valence-corrected chi connectivity index (χ2v) is 4.06. The van der Waals surface area contributed by atoms with Crippen LogP contribution in [0.1, 0.15) is 0 Å². The van der Waals surface area contributed by atoms with Gasteiger partial charge in [-0.25, -0.2) is 4.98 Å². The molecule has 0 atom stereocenters. The number of ether oxygens (including phenoxy) is 1. The number of aromatic nitrogens is 1. The summed E-state index contributed by atoms with van der Waals surface area (Å²) < 4.78 is 6.26. The number of halogens is 1. The Morgan fingerprint density at radius 1 is 1.24 bits per heavy atom. The normalized spacial score (nSPS) is 9.94. The van der Waals surface area contributed by atoms with Gasteiger partial charge in [0.25, 0.3) is 5.88 Å². The van der Waals surface area contributed by atoms with Crippen LogP contribution < -0.4 is 4.74 Å². The molecule has 0 saturated carbocycles. The molecule has 5 nitrogen and oxygen atoms in total. The van der Waals surface area contributed by atoms with Crippen LogP contribution in [-0.4, -0.2) is 9.91 Å². The van der Waals surface area contributed by atoms with Gasteiger partial charge in [-0.05, 0) is 30.3 Å².